The van der Waals surface area contributed by atoms with Crippen molar-refractivity contribution in [1.82, 2.24) is 9.97 Å². The van der Waals surface area contributed by atoms with E-state index in [4.69, 9.17) is 13.3 Å². The summed E-state index contributed by atoms with van der Waals surface area (Å²) in [7, 11) is 0. The number of hydrogen-bond acceptors (Lipinski definition) is 5. The first kappa shape index (κ1) is 15.9. The molecule has 138 valence electrons. The second kappa shape index (κ2) is 6.21. The van der Waals surface area contributed by atoms with E-state index < -0.39 is 0 Å². The predicted molar refractivity (Wildman–Crippen MR) is 113 cm³/mol. The average Bonchev–Trinajstić information content (AvgIpc) is 3.50. The van der Waals surface area contributed by atoms with Crippen LogP contribution in [-0.2, 0) is 0 Å². The summed E-state index contributed by atoms with van der Waals surface area (Å²) < 4.78 is 17.7. The van der Waals surface area contributed by atoms with Gasteiger partial charge in [0.25, 0.3) is 0 Å². The van der Waals surface area contributed by atoms with E-state index in [2.05, 4.69) is 9.97 Å². The molecular weight excluding hydrogens is 364 g/mol. The van der Waals surface area contributed by atoms with E-state index in [-0.39, 0.29) is 0 Å². The molecule has 0 amide bonds. The summed E-state index contributed by atoms with van der Waals surface area (Å²) >= 11 is 0. The van der Waals surface area contributed by atoms with E-state index >= 15 is 0 Å². The highest BCUT2D eigenvalue weighted by Gasteiger charge is 2.03. The fourth-order valence-corrected chi connectivity index (χ4v) is 3.34. The molecular formula is C24H14N2O3. The molecule has 0 spiro atoms. The SMILES string of the molecule is C1=Cc2cc3ccc(o3)c3ccc(cc4nc(cc5ccc(cc1n2)o5)C=C4)o3. The van der Waals surface area contributed by atoms with Crippen LogP contribution in [0.5, 0.6) is 0 Å². The molecule has 6 rings (SSSR count). The summed E-state index contributed by atoms with van der Waals surface area (Å²) in [6, 6.07) is 19.0. The van der Waals surface area contributed by atoms with Crippen LogP contribution in [0.15, 0.2) is 73.9 Å². The molecule has 0 atom stereocenters. The van der Waals surface area contributed by atoms with Crippen molar-refractivity contribution in [2.45, 2.75) is 0 Å². The van der Waals surface area contributed by atoms with Crippen molar-refractivity contribution in [3.63, 3.8) is 0 Å². The van der Waals surface area contributed by atoms with Gasteiger partial charge in [0.05, 0.1) is 22.8 Å². The molecule has 4 aromatic rings. The molecule has 0 fully saturated rings. The summed E-state index contributed by atoms with van der Waals surface area (Å²) in [4.78, 5) is 9.20. The van der Waals surface area contributed by atoms with E-state index in [1.54, 1.807) is 0 Å². The molecule has 2 aliphatic rings. The number of furan rings is 3. The molecule has 2 aliphatic heterocycles. The lowest BCUT2D eigenvalue weighted by molar-refractivity contribution is 0.629. The Kier molecular flexibility index (Phi) is 3.40. The molecule has 0 aliphatic carbocycles. The molecule has 0 unspecified atom stereocenters. The van der Waals surface area contributed by atoms with Crippen molar-refractivity contribution in [2.75, 3.05) is 0 Å². The molecule has 0 aromatic carbocycles. The molecule has 0 radical (unpaired) electrons. The lowest BCUT2D eigenvalue weighted by Gasteiger charge is -1.83. The Morgan fingerprint density at radius 1 is 0.414 bits per heavy atom. The second-order valence-electron chi connectivity index (χ2n) is 6.81. The summed E-state index contributed by atoms with van der Waals surface area (Å²) in [5, 5.41) is 0. The minimum Gasteiger partial charge on any atom is -0.457 e. The van der Waals surface area contributed by atoms with Gasteiger partial charge in [0.15, 0.2) is 11.2 Å². The van der Waals surface area contributed by atoms with E-state index in [0.29, 0.717) is 22.3 Å². The zero-order valence-corrected chi connectivity index (χ0v) is 15.2. The van der Waals surface area contributed by atoms with Gasteiger partial charge < -0.3 is 13.3 Å². The summed E-state index contributed by atoms with van der Waals surface area (Å²) in [6.07, 6.45) is 7.77. The van der Waals surface area contributed by atoms with Crippen molar-refractivity contribution in [3.05, 3.63) is 83.4 Å². The highest BCUT2D eigenvalue weighted by atomic mass is 16.4. The maximum atomic E-state index is 5.91. The Labute approximate surface area is 164 Å². The van der Waals surface area contributed by atoms with Crippen molar-refractivity contribution in [2.24, 2.45) is 0 Å². The third-order valence-corrected chi connectivity index (χ3v) is 4.67. The molecule has 5 heteroatoms. The standard InChI is InChI=1S/C24H14N2O3/c1-3-17-13-21-7-9-23(28-21)24-10-8-22(29-24)14-18-4-2-16(26-18)12-20-6-5-19(27-20)11-15(1)25-17/h1-14H. The van der Waals surface area contributed by atoms with Gasteiger partial charge in [-0.2, -0.15) is 0 Å². The first-order chi connectivity index (χ1) is 14.3. The summed E-state index contributed by atoms with van der Waals surface area (Å²) in [5.74, 6) is 0. The van der Waals surface area contributed by atoms with Crippen LogP contribution in [0, 0.1) is 0 Å². The zero-order valence-electron chi connectivity index (χ0n) is 15.2. The Hall–Kier alpha value is -4.12. The van der Waals surface area contributed by atoms with Crippen LogP contribution >= 0.6 is 0 Å². The molecule has 4 aromatic heterocycles. The Morgan fingerprint density at radius 2 is 0.759 bits per heavy atom. The van der Waals surface area contributed by atoms with Crippen LogP contribution in [0.2, 0.25) is 0 Å². The largest absolute Gasteiger partial charge is 0.457 e. The van der Waals surface area contributed by atoms with Gasteiger partial charge in [0.2, 0.25) is 0 Å². The third kappa shape index (κ3) is 3.08. The van der Waals surface area contributed by atoms with Crippen LogP contribution in [0.1, 0.15) is 22.8 Å². The van der Waals surface area contributed by atoms with Gasteiger partial charge in [-0.3, -0.25) is 0 Å². The topological polar surface area (TPSA) is 65.2 Å². The van der Waals surface area contributed by atoms with E-state index in [1.807, 2.05) is 85.0 Å². The molecule has 5 nitrogen and oxygen atoms in total. The lowest BCUT2D eigenvalue weighted by atomic mass is 10.3. The Morgan fingerprint density at radius 3 is 1.17 bits per heavy atom. The Bertz CT molecular complexity index is 1400. The quantitative estimate of drug-likeness (QED) is 0.302. The van der Waals surface area contributed by atoms with Crippen LogP contribution in [-0.4, -0.2) is 9.97 Å². The van der Waals surface area contributed by atoms with Gasteiger partial charge in [0, 0.05) is 24.3 Å². The smallest absolute Gasteiger partial charge is 0.170 e. The minimum absolute atomic E-state index is 0.666. The molecule has 0 saturated heterocycles. The van der Waals surface area contributed by atoms with E-state index in [0.717, 1.165) is 33.9 Å². The number of aromatic nitrogens is 2. The maximum absolute atomic E-state index is 5.91. The van der Waals surface area contributed by atoms with Gasteiger partial charge in [-0.25, -0.2) is 9.97 Å². The number of fused-ring (bicyclic) bond motifs is 11. The maximum Gasteiger partial charge on any atom is 0.170 e. The minimum atomic E-state index is 0.666. The number of nitrogens with zero attached hydrogens (tertiary/aromatic N) is 2. The van der Waals surface area contributed by atoms with Gasteiger partial charge in [-0.15, -0.1) is 0 Å². The molecule has 0 N–H and O–H groups in total. The fraction of sp³-hybridized carbons (Fsp3) is 0. The molecule has 6 heterocycles. The van der Waals surface area contributed by atoms with Crippen LogP contribution in [0.25, 0.3) is 57.8 Å². The number of hydrogen-bond donors (Lipinski definition) is 0. The Balaban J connectivity index is 1.66. The highest BCUT2D eigenvalue weighted by Crippen LogP contribution is 2.22. The summed E-state index contributed by atoms with van der Waals surface area (Å²) in [6.45, 7) is 0. The predicted octanol–water partition coefficient (Wildman–Crippen LogP) is 6.49. The van der Waals surface area contributed by atoms with Crippen molar-refractivity contribution < 1.29 is 13.3 Å². The second-order valence-corrected chi connectivity index (χ2v) is 6.81. The van der Waals surface area contributed by atoms with Gasteiger partial charge in [-0.05, 0) is 60.7 Å². The summed E-state index contributed by atoms with van der Waals surface area (Å²) in [5.41, 5.74) is 7.50. The monoisotopic (exact) mass is 378 g/mol. The first-order valence-electron chi connectivity index (χ1n) is 9.23. The van der Waals surface area contributed by atoms with Crippen molar-refractivity contribution in [3.8, 4) is 0 Å². The molecule has 29 heavy (non-hydrogen) atoms. The average molecular weight is 378 g/mol. The molecule has 0 saturated carbocycles. The van der Waals surface area contributed by atoms with Crippen LogP contribution in [0.4, 0.5) is 0 Å². The van der Waals surface area contributed by atoms with Gasteiger partial charge in [-0.1, -0.05) is 0 Å². The van der Waals surface area contributed by atoms with E-state index in [1.165, 1.54) is 0 Å². The van der Waals surface area contributed by atoms with E-state index in [9.17, 15) is 0 Å². The lowest BCUT2D eigenvalue weighted by Crippen LogP contribution is -1.71. The van der Waals surface area contributed by atoms with Crippen LogP contribution < -0.4 is 0 Å². The highest BCUT2D eigenvalue weighted by molar-refractivity contribution is 5.78. The molecule has 10 bridgehead atoms. The zero-order chi connectivity index (χ0) is 19.2. The van der Waals surface area contributed by atoms with Gasteiger partial charge >= 0.3 is 0 Å². The number of rotatable bonds is 0. The fourth-order valence-electron chi connectivity index (χ4n) is 3.34. The van der Waals surface area contributed by atoms with Crippen molar-refractivity contribution >= 4 is 57.8 Å². The van der Waals surface area contributed by atoms with Crippen molar-refractivity contribution in [1.29, 1.82) is 0 Å². The van der Waals surface area contributed by atoms with Gasteiger partial charge in [0.1, 0.15) is 22.3 Å². The van der Waals surface area contributed by atoms with Crippen LogP contribution in [0.3, 0.4) is 0 Å². The first-order valence-corrected chi connectivity index (χ1v) is 9.23. The third-order valence-electron chi connectivity index (χ3n) is 4.67. The normalized spacial score (nSPS) is 12.6.